The van der Waals surface area contributed by atoms with E-state index in [9.17, 15) is 23.6 Å². The van der Waals surface area contributed by atoms with Gasteiger partial charge in [-0.2, -0.15) is 14.0 Å². The van der Waals surface area contributed by atoms with Crippen LogP contribution in [0.4, 0.5) is 8.78 Å². The average Bonchev–Trinajstić information content (AvgIpc) is 2.67. The van der Waals surface area contributed by atoms with Crippen LogP contribution < -0.4 is 10.1 Å². The third-order valence-electron chi connectivity index (χ3n) is 4.46. The highest BCUT2D eigenvalue weighted by molar-refractivity contribution is 5.90. The van der Waals surface area contributed by atoms with Gasteiger partial charge in [-0.1, -0.05) is 31.4 Å². The minimum Gasteiger partial charge on any atom is -0.449 e. The molecule has 1 atom stereocenters. The Kier molecular flexibility index (Phi) is 7.50. The van der Waals surface area contributed by atoms with E-state index >= 15 is 0 Å². The van der Waals surface area contributed by atoms with Crippen LogP contribution in [-0.2, 0) is 14.3 Å². The summed E-state index contributed by atoms with van der Waals surface area (Å²) in [7, 11) is 0. The summed E-state index contributed by atoms with van der Waals surface area (Å²) in [6, 6.07) is 7.86. The van der Waals surface area contributed by atoms with Gasteiger partial charge >= 0.3 is 12.6 Å². The summed E-state index contributed by atoms with van der Waals surface area (Å²) in [6.45, 7) is -1.47. The van der Waals surface area contributed by atoms with Gasteiger partial charge in [-0.3, -0.25) is 4.79 Å². The zero-order chi connectivity index (χ0) is 20.6. The molecule has 0 aliphatic heterocycles. The molecule has 1 amide bonds. The molecule has 0 bridgehead atoms. The van der Waals surface area contributed by atoms with Gasteiger partial charge in [0.15, 0.2) is 6.10 Å². The highest BCUT2D eigenvalue weighted by atomic mass is 19.3. The number of nitrogens with zero attached hydrogens (tertiary/aromatic N) is 1. The van der Waals surface area contributed by atoms with E-state index in [1.54, 1.807) is 0 Å². The molecule has 1 N–H and O–H groups in total. The fourth-order valence-corrected chi connectivity index (χ4v) is 2.95. The fraction of sp³-hybridized carbons (Fsp3) is 0.450. The van der Waals surface area contributed by atoms with Crippen LogP contribution in [0.15, 0.2) is 30.3 Å². The summed E-state index contributed by atoms with van der Waals surface area (Å²) in [5, 5.41) is 12.1. The van der Waals surface area contributed by atoms with Crippen LogP contribution in [0, 0.1) is 11.3 Å². The van der Waals surface area contributed by atoms with Crippen molar-refractivity contribution in [2.45, 2.75) is 57.3 Å². The van der Waals surface area contributed by atoms with E-state index in [1.165, 1.54) is 37.3 Å². The maximum Gasteiger partial charge on any atom is 0.387 e. The van der Waals surface area contributed by atoms with Crippen molar-refractivity contribution in [1.82, 2.24) is 5.32 Å². The average molecular weight is 392 g/mol. The van der Waals surface area contributed by atoms with Gasteiger partial charge in [0.25, 0.3) is 5.91 Å². The van der Waals surface area contributed by atoms with Gasteiger partial charge < -0.3 is 14.8 Å². The van der Waals surface area contributed by atoms with E-state index in [4.69, 9.17) is 4.74 Å². The number of benzene rings is 1. The Morgan fingerprint density at radius 3 is 2.43 bits per heavy atom. The third kappa shape index (κ3) is 6.34. The smallest absolute Gasteiger partial charge is 0.387 e. The molecule has 6 nitrogen and oxygen atoms in total. The molecular weight excluding hydrogens is 370 g/mol. The number of hydrogen-bond acceptors (Lipinski definition) is 5. The largest absolute Gasteiger partial charge is 0.449 e. The molecular formula is C20H22F2N2O4. The molecule has 0 heterocycles. The van der Waals surface area contributed by atoms with Crippen molar-refractivity contribution in [2.75, 3.05) is 0 Å². The van der Waals surface area contributed by atoms with E-state index in [0.717, 1.165) is 25.3 Å². The Labute approximate surface area is 162 Å². The molecule has 1 fully saturated rings. The minimum absolute atomic E-state index is 0.00848. The third-order valence-corrected chi connectivity index (χ3v) is 4.46. The fourth-order valence-electron chi connectivity index (χ4n) is 2.95. The number of alkyl halides is 2. The SMILES string of the molecule is C[C@H](OC(=O)/C=C/c1ccc(OC(F)F)cc1)C(=O)NC1(C#N)CCCCC1. The second kappa shape index (κ2) is 9.83. The number of carbonyl (C=O) groups is 2. The summed E-state index contributed by atoms with van der Waals surface area (Å²) >= 11 is 0. The number of halogens is 2. The van der Waals surface area contributed by atoms with Gasteiger partial charge in [0, 0.05) is 6.08 Å². The number of carbonyl (C=O) groups excluding carboxylic acids is 2. The number of esters is 1. The van der Waals surface area contributed by atoms with E-state index in [1.807, 2.05) is 0 Å². The van der Waals surface area contributed by atoms with E-state index in [2.05, 4.69) is 16.1 Å². The number of hydrogen-bond donors (Lipinski definition) is 1. The molecule has 150 valence electrons. The minimum atomic E-state index is -2.90. The molecule has 0 aromatic heterocycles. The Balaban J connectivity index is 1.86. The number of nitriles is 1. The molecule has 1 aromatic carbocycles. The predicted molar refractivity (Wildman–Crippen MR) is 97.2 cm³/mol. The van der Waals surface area contributed by atoms with Crippen molar-refractivity contribution in [1.29, 1.82) is 5.26 Å². The summed E-state index contributed by atoms with van der Waals surface area (Å²) in [4.78, 5) is 24.2. The molecule has 0 saturated heterocycles. The normalized spacial score (nSPS) is 17.0. The van der Waals surface area contributed by atoms with Gasteiger partial charge in [-0.25, -0.2) is 4.79 Å². The first-order chi connectivity index (χ1) is 13.3. The summed E-state index contributed by atoms with van der Waals surface area (Å²) in [5.41, 5.74) is -0.324. The van der Waals surface area contributed by atoms with Gasteiger partial charge in [0.1, 0.15) is 11.3 Å². The highest BCUT2D eigenvalue weighted by Gasteiger charge is 2.35. The first-order valence-corrected chi connectivity index (χ1v) is 9.00. The second-order valence-electron chi connectivity index (χ2n) is 6.60. The monoisotopic (exact) mass is 392 g/mol. The lowest BCUT2D eigenvalue weighted by molar-refractivity contribution is -0.150. The number of ether oxygens (including phenoxy) is 2. The van der Waals surface area contributed by atoms with Gasteiger partial charge in [0.2, 0.25) is 0 Å². The summed E-state index contributed by atoms with van der Waals surface area (Å²) in [5.74, 6) is -1.24. The molecule has 1 aromatic rings. The Bertz CT molecular complexity index is 750. The lowest BCUT2D eigenvalue weighted by Gasteiger charge is -2.32. The first kappa shape index (κ1) is 21.4. The van der Waals surface area contributed by atoms with Crippen molar-refractivity contribution >= 4 is 18.0 Å². The van der Waals surface area contributed by atoms with Crippen LogP contribution in [0.5, 0.6) is 5.75 Å². The maximum absolute atomic E-state index is 12.3. The standard InChI is InChI=1S/C20H22F2N2O4/c1-14(18(26)24-20(13-23)11-3-2-4-12-20)27-17(25)10-7-15-5-8-16(9-6-15)28-19(21)22/h5-10,14,19H,2-4,11-12H2,1H3,(H,24,26)/b10-7+/t14-/m0/s1. The summed E-state index contributed by atoms with van der Waals surface area (Å²) in [6.07, 6.45) is 5.44. The van der Waals surface area contributed by atoms with Crippen LogP contribution in [0.3, 0.4) is 0 Å². The van der Waals surface area contributed by atoms with Crippen molar-refractivity contribution in [3.63, 3.8) is 0 Å². The van der Waals surface area contributed by atoms with Gasteiger partial charge in [-0.05, 0) is 43.5 Å². The second-order valence-corrected chi connectivity index (χ2v) is 6.60. The van der Waals surface area contributed by atoms with E-state index in [0.29, 0.717) is 18.4 Å². The number of rotatable bonds is 7. The van der Waals surface area contributed by atoms with Gasteiger partial charge in [-0.15, -0.1) is 0 Å². The molecule has 1 saturated carbocycles. The van der Waals surface area contributed by atoms with Crippen LogP contribution in [0.25, 0.3) is 6.08 Å². The van der Waals surface area contributed by atoms with Crippen molar-refractivity contribution in [2.24, 2.45) is 0 Å². The Hall–Kier alpha value is -2.95. The van der Waals surface area contributed by atoms with Crippen LogP contribution in [0.2, 0.25) is 0 Å². The predicted octanol–water partition coefficient (Wildman–Crippen LogP) is 3.58. The zero-order valence-electron chi connectivity index (χ0n) is 15.5. The molecule has 0 unspecified atom stereocenters. The molecule has 0 radical (unpaired) electrons. The molecule has 1 aliphatic rings. The zero-order valence-corrected chi connectivity index (χ0v) is 15.5. The van der Waals surface area contributed by atoms with E-state index < -0.39 is 30.1 Å². The van der Waals surface area contributed by atoms with Crippen LogP contribution in [-0.4, -0.2) is 30.1 Å². The van der Waals surface area contributed by atoms with Crippen molar-refractivity contribution in [3.05, 3.63) is 35.9 Å². The molecule has 2 rings (SSSR count). The topological polar surface area (TPSA) is 88.4 Å². The van der Waals surface area contributed by atoms with Crippen LogP contribution >= 0.6 is 0 Å². The Morgan fingerprint density at radius 2 is 1.86 bits per heavy atom. The highest BCUT2D eigenvalue weighted by Crippen LogP contribution is 2.27. The summed E-state index contributed by atoms with van der Waals surface area (Å²) < 4.78 is 33.5. The van der Waals surface area contributed by atoms with Crippen molar-refractivity contribution < 1.29 is 27.8 Å². The molecule has 8 heteroatoms. The molecule has 1 aliphatic carbocycles. The lowest BCUT2D eigenvalue weighted by atomic mass is 9.83. The number of nitrogens with one attached hydrogen (secondary N) is 1. The maximum atomic E-state index is 12.3. The first-order valence-electron chi connectivity index (χ1n) is 9.00. The molecule has 28 heavy (non-hydrogen) atoms. The number of amides is 1. The Morgan fingerprint density at radius 1 is 1.21 bits per heavy atom. The van der Waals surface area contributed by atoms with Crippen molar-refractivity contribution in [3.8, 4) is 11.8 Å². The van der Waals surface area contributed by atoms with Gasteiger partial charge in [0.05, 0.1) is 6.07 Å². The van der Waals surface area contributed by atoms with E-state index in [-0.39, 0.29) is 5.75 Å². The molecule has 0 spiro atoms. The van der Waals surface area contributed by atoms with Crippen LogP contribution in [0.1, 0.15) is 44.6 Å². The lowest BCUT2D eigenvalue weighted by Crippen LogP contribution is -2.52. The quantitative estimate of drug-likeness (QED) is 0.566.